The summed E-state index contributed by atoms with van der Waals surface area (Å²) in [7, 11) is 0. The van der Waals surface area contributed by atoms with E-state index >= 15 is 0 Å². The molecule has 2 aromatic rings. The van der Waals surface area contributed by atoms with Crippen LogP contribution < -0.4 is 0 Å². The number of rotatable bonds is 3. The van der Waals surface area contributed by atoms with E-state index in [1.54, 1.807) is 30.3 Å². The molecule has 0 bridgehead atoms. The average Bonchev–Trinajstić information content (AvgIpc) is 2.38. The summed E-state index contributed by atoms with van der Waals surface area (Å²) < 4.78 is 13.6. The van der Waals surface area contributed by atoms with Crippen LogP contribution in [0, 0.1) is 5.82 Å². The SMILES string of the molecule is O=C(C=Cc1ccc(F)cc1)c1ccc(Br)cc1. The standard InChI is InChI=1S/C15H10BrFO/c16-13-6-4-12(5-7-13)15(18)10-3-11-1-8-14(17)9-2-11/h1-10H. The first-order valence-electron chi connectivity index (χ1n) is 5.39. The molecule has 2 rings (SSSR count). The molecule has 0 aliphatic heterocycles. The number of halogens is 2. The summed E-state index contributed by atoms with van der Waals surface area (Å²) in [5.41, 5.74) is 1.42. The predicted molar refractivity (Wildman–Crippen MR) is 73.9 cm³/mol. The van der Waals surface area contributed by atoms with Crippen molar-refractivity contribution in [2.24, 2.45) is 0 Å². The highest BCUT2D eigenvalue weighted by Gasteiger charge is 2.00. The third-order valence-corrected chi connectivity index (χ3v) is 2.95. The van der Waals surface area contributed by atoms with Crippen LogP contribution in [-0.4, -0.2) is 5.78 Å². The number of carbonyl (C=O) groups excluding carboxylic acids is 1. The fourth-order valence-electron chi connectivity index (χ4n) is 1.46. The van der Waals surface area contributed by atoms with Gasteiger partial charge in [0.1, 0.15) is 5.82 Å². The number of ketones is 1. The molecule has 0 saturated heterocycles. The molecule has 0 amide bonds. The molecule has 18 heavy (non-hydrogen) atoms. The predicted octanol–water partition coefficient (Wildman–Crippen LogP) is 4.48. The second-order valence-corrected chi connectivity index (χ2v) is 4.67. The largest absolute Gasteiger partial charge is 0.289 e. The third kappa shape index (κ3) is 3.37. The van der Waals surface area contributed by atoms with Gasteiger partial charge in [0.05, 0.1) is 0 Å². The maximum absolute atomic E-state index is 12.7. The lowest BCUT2D eigenvalue weighted by molar-refractivity contribution is 0.104. The zero-order valence-corrected chi connectivity index (χ0v) is 11.0. The van der Waals surface area contributed by atoms with Crippen LogP contribution in [0.3, 0.4) is 0 Å². The molecule has 0 N–H and O–H groups in total. The van der Waals surface area contributed by atoms with Crippen LogP contribution in [0.1, 0.15) is 15.9 Å². The van der Waals surface area contributed by atoms with Crippen molar-refractivity contribution in [1.29, 1.82) is 0 Å². The Balaban J connectivity index is 2.11. The monoisotopic (exact) mass is 304 g/mol. The highest BCUT2D eigenvalue weighted by molar-refractivity contribution is 9.10. The smallest absolute Gasteiger partial charge is 0.185 e. The Morgan fingerprint density at radius 2 is 1.61 bits per heavy atom. The molecule has 90 valence electrons. The van der Waals surface area contributed by atoms with E-state index in [9.17, 15) is 9.18 Å². The number of hydrogen-bond donors (Lipinski definition) is 0. The summed E-state index contributed by atoms with van der Waals surface area (Å²) in [6.07, 6.45) is 3.15. The topological polar surface area (TPSA) is 17.1 Å². The Morgan fingerprint density at radius 1 is 1.00 bits per heavy atom. The van der Waals surface area contributed by atoms with Gasteiger partial charge in [0.15, 0.2) is 5.78 Å². The number of carbonyl (C=O) groups is 1. The lowest BCUT2D eigenvalue weighted by Crippen LogP contribution is -1.93. The van der Waals surface area contributed by atoms with Gasteiger partial charge in [0, 0.05) is 10.0 Å². The fraction of sp³-hybridized carbons (Fsp3) is 0. The first-order chi connectivity index (χ1) is 8.65. The van der Waals surface area contributed by atoms with E-state index in [0.717, 1.165) is 10.0 Å². The first-order valence-corrected chi connectivity index (χ1v) is 6.18. The van der Waals surface area contributed by atoms with Crippen LogP contribution >= 0.6 is 15.9 Å². The van der Waals surface area contributed by atoms with Gasteiger partial charge in [-0.15, -0.1) is 0 Å². The van der Waals surface area contributed by atoms with Crippen LogP contribution in [0.2, 0.25) is 0 Å². The molecule has 0 aromatic heterocycles. The molecule has 3 heteroatoms. The van der Waals surface area contributed by atoms with Gasteiger partial charge in [-0.2, -0.15) is 0 Å². The van der Waals surface area contributed by atoms with E-state index in [0.29, 0.717) is 5.56 Å². The molecule has 2 aromatic carbocycles. The van der Waals surface area contributed by atoms with Crippen molar-refractivity contribution in [2.75, 3.05) is 0 Å². The van der Waals surface area contributed by atoms with Crippen LogP contribution in [0.5, 0.6) is 0 Å². The molecule has 0 saturated carbocycles. The molecule has 0 spiro atoms. The van der Waals surface area contributed by atoms with Gasteiger partial charge < -0.3 is 0 Å². The summed E-state index contributed by atoms with van der Waals surface area (Å²) in [5.74, 6) is -0.363. The van der Waals surface area contributed by atoms with E-state index in [1.165, 1.54) is 18.2 Å². The fourth-order valence-corrected chi connectivity index (χ4v) is 1.72. The molecule has 0 atom stereocenters. The minimum absolute atomic E-state index is 0.0770. The quantitative estimate of drug-likeness (QED) is 0.603. The van der Waals surface area contributed by atoms with Crippen molar-refractivity contribution in [3.63, 3.8) is 0 Å². The zero-order chi connectivity index (χ0) is 13.0. The lowest BCUT2D eigenvalue weighted by atomic mass is 10.1. The second kappa shape index (κ2) is 5.74. The van der Waals surface area contributed by atoms with Gasteiger partial charge >= 0.3 is 0 Å². The summed E-state index contributed by atoms with van der Waals surface area (Å²) in [5, 5.41) is 0. The zero-order valence-electron chi connectivity index (χ0n) is 9.44. The maximum atomic E-state index is 12.7. The number of hydrogen-bond acceptors (Lipinski definition) is 1. The Bertz CT molecular complexity index is 570. The molecular weight excluding hydrogens is 295 g/mol. The van der Waals surface area contributed by atoms with Gasteiger partial charge in [-0.05, 0) is 48.0 Å². The molecule has 0 aliphatic rings. The van der Waals surface area contributed by atoms with Gasteiger partial charge in [0.2, 0.25) is 0 Å². The summed E-state index contributed by atoms with van der Waals surface area (Å²) in [6.45, 7) is 0. The van der Waals surface area contributed by atoms with Crippen molar-refractivity contribution in [1.82, 2.24) is 0 Å². The molecule has 0 unspecified atom stereocenters. The third-order valence-electron chi connectivity index (χ3n) is 2.43. The Morgan fingerprint density at radius 3 is 2.22 bits per heavy atom. The van der Waals surface area contributed by atoms with Crippen LogP contribution in [0.4, 0.5) is 4.39 Å². The first kappa shape index (κ1) is 12.7. The maximum Gasteiger partial charge on any atom is 0.185 e. The Hall–Kier alpha value is -1.74. The highest BCUT2D eigenvalue weighted by Crippen LogP contribution is 2.12. The van der Waals surface area contributed by atoms with Crippen molar-refractivity contribution >= 4 is 27.8 Å². The molecule has 0 fully saturated rings. The van der Waals surface area contributed by atoms with Gasteiger partial charge in [-0.25, -0.2) is 4.39 Å². The molecule has 1 nitrogen and oxygen atoms in total. The van der Waals surface area contributed by atoms with Crippen LogP contribution in [-0.2, 0) is 0 Å². The minimum atomic E-state index is -0.286. The average molecular weight is 305 g/mol. The number of allylic oxidation sites excluding steroid dienone is 1. The van der Waals surface area contributed by atoms with E-state index in [1.807, 2.05) is 12.1 Å². The van der Waals surface area contributed by atoms with Gasteiger partial charge in [0.25, 0.3) is 0 Å². The van der Waals surface area contributed by atoms with Crippen LogP contribution in [0.15, 0.2) is 59.1 Å². The minimum Gasteiger partial charge on any atom is -0.289 e. The normalized spacial score (nSPS) is 10.8. The van der Waals surface area contributed by atoms with E-state index < -0.39 is 0 Å². The summed E-state index contributed by atoms with van der Waals surface area (Å²) in [6, 6.07) is 13.1. The van der Waals surface area contributed by atoms with Crippen molar-refractivity contribution in [3.05, 3.63) is 76.0 Å². The lowest BCUT2D eigenvalue weighted by Gasteiger charge is -1.96. The van der Waals surface area contributed by atoms with Crippen LogP contribution in [0.25, 0.3) is 6.08 Å². The van der Waals surface area contributed by atoms with Crippen molar-refractivity contribution < 1.29 is 9.18 Å². The van der Waals surface area contributed by atoms with Gasteiger partial charge in [-0.3, -0.25) is 4.79 Å². The van der Waals surface area contributed by atoms with E-state index in [2.05, 4.69) is 15.9 Å². The van der Waals surface area contributed by atoms with E-state index in [-0.39, 0.29) is 11.6 Å². The van der Waals surface area contributed by atoms with Crippen molar-refractivity contribution in [2.45, 2.75) is 0 Å². The molecular formula is C15H10BrFO. The van der Waals surface area contributed by atoms with E-state index in [4.69, 9.17) is 0 Å². The second-order valence-electron chi connectivity index (χ2n) is 3.76. The highest BCUT2D eigenvalue weighted by atomic mass is 79.9. The Labute approximate surface area is 113 Å². The van der Waals surface area contributed by atoms with Gasteiger partial charge in [-0.1, -0.05) is 34.1 Å². The summed E-state index contributed by atoms with van der Waals surface area (Å²) in [4.78, 5) is 11.8. The summed E-state index contributed by atoms with van der Waals surface area (Å²) >= 11 is 3.31. The Kier molecular flexibility index (Phi) is 4.05. The molecule has 0 radical (unpaired) electrons. The number of benzene rings is 2. The molecule has 0 heterocycles. The molecule has 0 aliphatic carbocycles. The van der Waals surface area contributed by atoms with Crippen molar-refractivity contribution in [3.8, 4) is 0 Å².